The Morgan fingerprint density at radius 2 is 2.05 bits per heavy atom. The standard InChI is InChI=1S/C13H11F2N3O2/c1-8(9-4-5-10(14)11(15)7-9)17-13-12(18(19)20)3-2-6-16-13/h2-8H,1H3,(H,16,17)/p+1/t8-/m0/s1. The number of hydrogen-bond acceptors (Lipinski definition) is 3. The number of rotatable bonds is 4. The first-order valence-corrected chi connectivity index (χ1v) is 5.85. The fourth-order valence-electron chi connectivity index (χ4n) is 1.78. The summed E-state index contributed by atoms with van der Waals surface area (Å²) in [4.78, 5) is 13.1. The molecule has 20 heavy (non-hydrogen) atoms. The third-order valence-electron chi connectivity index (χ3n) is 2.84. The molecule has 104 valence electrons. The number of aromatic nitrogens is 1. The third kappa shape index (κ3) is 2.87. The summed E-state index contributed by atoms with van der Waals surface area (Å²) in [5.74, 6) is -1.68. The van der Waals surface area contributed by atoms with Crippen molar-refractivity contribution in [2.75, 3.05) is 5.32 Å². The van der Waals surface area contributed by atoms with E-state index in [0.29, 0.717) is 5.56 Å². The SMILES string of the molecule is C[C@H](Nc1[nH+]cccc1[N+](=O)[O-])c1ccc(F)c(F)c1. The van der Waals surface area contributed by atoms with Crippen molar-refractivity contribution in [2.45, 2.75) is 13.0 Å². The van der Waals surface area contributed by atoms with E-state index in [2.05, 4.69) is 10.3 Å². The van der Waals surface area contributed by atoms with Gasteiger partial charge in [0, 0.05) is 6.07 Å². The number of hydrogen-bond donors (Lipinski definition) is 1. The van der Waals surface area contributed by atoms with Gasteiger partial charge in [-0.3, -0.25) is 15.4 Å². The zero-order valence-electron chi connectivity index (χ0n) is 10.6. The second-order valence-electron chi connectivity index (χ2n) is 4.23. The van der Waals surface area contributed by atoms with Crippen molar-refractivity contribution in [2.24, 2.45) is 0 Å². The van der Waals surface area contributed by atoms with Gasteiger partial charge in [0.15, 0.2) is 11.6 Å². The summed E-state index contributed by atoms with van der Waals surface area (Å²) in [5.41, 5.74) is 0.359. The molecule has 2 N–H and O–H groups in total. The quantitative estimate of drug-likeness (QED) is 0.691. The second kappa shape index (κ2) is 5.60. The maximum atomic E-state index is 13.2. The van der Waals surface area contributed by atoms with E-state index in [1.165, 1.54) is 24.4 Å². The minimum absolute atomic E-state index is 0.123. The van der Waals surface area contributed by atoms with E-state index in [1.54, 1.807) is 6.92 Å². The van der Waals surface area contributed by atoms with Gasteiger partial charge < -0.3 is 0 Å². The Morgan fingerprint density at radius 3 is 2.70 bits per heavy atom. The van der Waals surface area contributed by atoms with Gasteiger partial charge in [-0.05, 0) is 30.7 Å². The molecule has 0 fully saturated rings. The molecule has 0 aliphatic heterocycles. The number of pyridine rings is 1. The molecule has 1 atom stereocenters. The number of aromatic amines is 1. The van der Waals surface area contributed by atoms with Crippen molar-refractivity contribution >= 4 is 11.5 Å². The highest BCUT2D eigenvalue weighted by atomic mass is 19.2. The molecule has 0 aliphatic carbocycles. The molecular weight excluding hydrogens is 268 g/mol. The summed E-state index contributed by atoms with van der Waals surface area (Å²) in [5, 5.41) is 13.7. The van der Waals surface area contributed by atoms with Gasteiger partial charge in [0.25, 0.3) is 0 Å². The van der Waals surface area contributed by atoms with Crippen molar-refractivity contribution < 1.29 is 18.7 Å². The van der Waals surface area contributed by atoms with Crippen molar-refractivity contribution in [1.82, 2.24) is 0 Å². The molecule has 1 heterocycles. The van der Waals surface area contributed by atoms with Gasteiger partial charge in [-0.2, -0.15) is 0 Å². The normalized spacial score (nSPS) is 11.9. The maximum absolute atomic E-state index is 13.2. The fourth-order valence-corrected chi connectivity index (χ4v) is 1.78. The highest BCUT2D eigenvalue weighted by Crippen LogP contribution is 2.24. The molecule has 1 aromatic carbocycles. The van der Waals surface area contributed by atoms with Crippen LogP contribution in [0.4, 0.5) is 20.3 Å². The molecule has 0 saturated heterocycles. The van der Waals surface area contributed by atoms with Gasteiger partial charge in [-0.15, -0.1) is 0 Å². The molecule has 2 rings (SSSR count). The predicted octanol–water partition coefficient (Wildman–Crippen LogP) is 2.86. The van der Waals surface area contributed by atoms with Crippen LogP contribution in [0.2, 0.25) is 0 Å². The van der Waals surface area contributed by atoms with Crippen LogP contribution in [0, 0.1) is 21.7 Å². The minimum Gasteiger partial charge on any atom is -0.262 e. The van der Waals surface area contributed by atoms with Crippen molar-refractivity contribution in [1.29, 1.82) is 0 Å². The molecule has 2 aromatic rings. The first-order chi connectivity index (χ1) is 9.49. The van der Waals surface area contributed by atoms with E-state index in [1.807, 2.05) is 0 Å². The van der Waals surface area contributed by atoms with Gasteiger partial charge in [0.2, 0.25) is 0 Å². The molecule has 0 spiro atoms. The van der Waals surface area contributed by atoms with Crippen LogP contribution < -0.4 is 10.3 Å². The fraction of sp³-hybridized carbons (Fsp3) is 0.154. The molecule has 1 aromatic heterocycles. The average molecular weight is 280 g/mol. The van der Waals surface area contributed by atoms with Crippen LogP contribution in [0.25, 0.3) is 0 Å². The number of nitro groups is 1. The smallest absolute Gasteiger partial charge is 0.262 e. The first kappa shape index (κ1) is 13.9. The molecule has 7 heteroatoms. The van der Waals surface area contributed by atoms with Crippen LogP contribution in [0.5, 0.6) is 0 Å². The lowest BCUT2D eigenvalue weighted by molar-refractivity contribution is -0.409. The van der Waals surface area contributed by atoms with Gasteiger partial charge >= 0.3 is 11.5 Å². The van der Waals surface area contributed by atoms with Crippen LogP contribution in [0.1, 0.15) is 18.5 Å². The lowest BCUT2D eigenvalue weighted by atomic mass is 10.1. The molecular formula is C13H12F2N3O2+. The number of H-pyrrole nitrogens is 1. The third-order valence-corrected chi connectivity index (χ3v) is 2.84. The Balaban J connectivity index is 2.25. The van der Waals surface area contributed by atoms with Crippen LogP contribution >= 0.6 is 0 Å². The van der Waals surface area contributed by atoms with E-state index < -0.39 is 22.6 Å². The largest absolute Gasteiger partial charge is 0.357 e. The summed E-state index contributed by atoms with van der Waals surface area (Å²) < 4.78 is 26.0. The Labute approximate surface area is 113 Å². The number of halogens is 2. The van der Waals surface area contributed by atoms with Crippen molar-refractivity contribution in [3.63, 3.8) is 0 Å². The average Bonchev–Trinajstić information content (AvgIpc) is 2.42. The number of benzene rings is 1. The Kier molecular flexibility index (Phi) is 3.88. The highest BCUT2D eigenvalue weighted by molar-refractivity contribution is 5.52. The van der Waals surface area contributed by atoms with E-state index in [4.69, 9.17) is 0 Å². The summed E-state index contributed by atoms with van der Waals surface area (Å²) in [7, 11) is 0. The molecule has 5 nitrogen and oxygen atoms in total. The summed E-state index contributed by atoms with van der Waals surface area (Å²) in [6, 6.07) is 5.92. The van der Waals surface area contributed by atoms with E-state index in [-0.39, 0.29) is 11.5 Å². The lowest BCUT2D eigenvalue weighted by Gasteiger charge is -2.09. The first-order valence-electron chi connectivity index (χ1n) is 5.85. The Morgan fingerprint density at radius 1 is 1.30 bits per heavy atom. The van der Waals surface area contributed by atoms with Crippen LogP contribution in [0.15, 0.2) is 36.5 Å². The van der Waals surface area contributed by atoms with E-state index in [9.17, 15) is 18.9 Å². The van der Waals surface area contributed by atoms with Crippen LogP contribution in [-0.4, -0.2) is 4.92 Å². The predicted molar refractivity (Wildman–Crippen MR) is 68.0 cm³/mol. The molecule has 0 unspecified atom stereocenters. The number of nitrogens with zero attached hydrogens (tertiary/aromatic N) is 1. The van der Waals surface area contributed by atoms with Gasteiger partial charge in [-0.1, -0.05) is 6.07 Å². The minimum atomic E-state index is -0.956. The molecule has 0 aliphatic rings. The molecule has 0 amide bonds. The van der Waals surface area contributed by atoms with Crippen molar-refractivity contribution in [3.05, 3.63) is 63.8 Å². The van der Waals surface area contributed by atoms with Gasteiger partial charge in [0.05, 0.1) is 11.1 Å². The van der Waals surface area contributed by atoms with Crippen LogP contribution in [-0.2, 0) is 0 Å². The monoisotopic (exact) mass is 280 g/mol. The Hall–Kier alpha value is -2.57. The molecule has 0 radical (unpaired) electrons. The summed E-state index contributed by atoms with van der Waals surface area (Å²) >= 11 is 0. The number of nitrogens with one attached hydrogen (secondary N) is 2. The highest BCUT2D eigenvalue weighted by Gasteiger charge is 2.23. The summed E-state index contributed by atoms with van der Waals surface area (Å²) in [6.07, 6.45) is 1.54. The van der Waals surface area contributed by atoms with Crippen molar-refractivity contribution in [3.8, 4) is 0 Å². The van der Waals surface area contributed by atoms with E-state index in [0.717, 1.165) is 12.1 Å². The molecule has 0 bridgehead atoms. The molecule has 0 saturated carbocycles. The van der Waals surface area contributed by atoms with E-state index >= 15 is 0 Å². The zero-order chi connectivity index (χ0) is 14.7. The van der Waals surface area contributed by atoms with Gasteiger partial charge in [-0.25, -0.2) is 13.8 Å². The second-order valence-corrected chi connectivity index (χ2v) is 4.23. The lowest BCUT2D eigenvalue weighted by Crippen LogP contribution is -2.17. The Bertz CT molecular complexity index is 649. The zero-order valence-corrected chi connectivity index (χ0v) is 10.6. The maximum Gasteiger partial charge on any atom is 0.357 e. The number of anilines is 1. The van der Waals surface area contributed by atoms with Crippen LogP contribution in [0.3, 0.4) is 0 Å². The summed E-state index contributed by atoms with van der Waals surface area (Å²) in [6.45, 7) is 1.69. The topological polar surface area (TPSA) is 69.3 Å². The van der Waals surface area contributed by atoms with Gasteiger partial charge in [0.1, 0.15) is 6.04 Å².